The second-order valence-corrected chi connectivity index (χ2v) is 3.64. The van der Waals surface area contributed by atoms with Crippen molar-refractivity contribution in [2.75, 3.05) is 6.61 Å². The normalized spacial score (nSPS) is 29.9. The van der Waals surface area contributed by atoms with Gasteiger partial charge in [-0.15, -0.1) is 0 Å². The number of carbonyl (C=O) groups excluding carboxylic acids is 1. The Hall–Kier alpha value is -0.605. The van der Waals surface area contributed by atoms with E-state index in [-0.39, 0.29) is 12.5 Å². The highest BCUT2D eigenvalue weighted by atomic mass is 19.2. The van der Waals surface area contributed by atoms with Crippen molar-refractivity contribution in [2.45, 2.75) is 32.5 Å². The maximum Gasteiger partial charge on any atom is 0.542 e. The fourth-order valence-electron chi connectivity index (χ4n) is 2.02. The van der Waals surface area contributed by atoms with Gasteiger partial charge in [-0.2, -0.15) is 0 Å². The van der Waals surface area contributed by atoms with Crippen LogP contribution in [0.3, 0.4) is 0 Å². The van der Waals surface area contributed by atoms with Crippen molar-refractivity contribution >= 4 is 13.2 Å². The average molecular weight is 204 g/mol. The van der Waals surface area contributed by atoms with Crippen molar-refractivity contribution in [1.82, 2.24) is 0 Å². The number of rotatable bonds is 5. The van der Waals surface area contributed by atoms with Crippen molar-refractivity contribution in [3.05, 3.63) is 0 Å². The van der Waals surface area contributed by atoms with Crippen molar-refractivity contribution in [1.29, 1.82) is 0 Å². The maximum atomic E-state index is 12.4. The van der Waals surface area contributed by atoms with Crippen LogP contribution in [0.15, 0.2) is 0 Å². The molecule has 0 saturated heterocycles. The molecule has 1 fully saturated rings. The minimum Gasteiger partial charge on any atom is -0.466 e. The van der Waals surface area contributed by atoms with Crippen LogP contribution in [-0.4, -0.2) is 19.8 Å². The van der Waals surface area contributed by atoms with Crippen LogP contribution in [0.25, 0.3) is 0 Å². The molecule has 0 spiro atoms. The summed E-state index contributed by atoms with van der Waals surface area (Å²) in [7, 11) is -2.39. The number of esters is 1. The van der Waals surface area contributed by atoms with E-state index >= 15 is 0 Å². The van der Waals surface area contributed by atoms with Gasteiger partial charge in [-0.25, -0.2) is 0 Å². The van der Waals surface area contributed by atoms with Gasteiger partial charge in [0.05, 0.1) is 12.5 Å². The van der Waals surface area contributed by atoms with Crippen LogP contribution >= 0.6 is 0 Å². The lowest BCUT2D eigenvalue weighted by Crippen LogP contribution is -2.10. The Bertz CT molecular complexity index is 211. The first-order valence-corrected chi connectivity index (χ1v) is 5.08. The maximum absolute atomic E-state index is 12.4. The molecule has 1 rings (SSSR count). The van der Waals surface area contributed by atoms with Crippen molar-refractivity contribution in [3.63, 3.8) is 0 Å². The second-order valence-electron chi connectivity index (χ2n) is 3.64. The standard InChI is InChI=1S/C9H15BF2O2/c1-3-5-6-7(8(6)10(11)12)9(13)14-4-2/h6-8H,3-5H2,1-2H3/t6?,7-,8?/m1/s1. The molecular formula is C9H15BF2O2. The monoisotopic (exact) mass is 204 g/mol. The first kappa shape index (κ1) is 11.5. The first-order valence-electron chi connectivity index (χ1n) is 5.08. The topological polar surface area (TPSA) is 26.3 Å². The summed E-state index contributed by atoms with van der Waals surface area (Å²) in [6.07, 6.45) is 1.53. The number of carbonyl (C=O) groups is 1. The zero-order valence-electron chi connectivity index (χ0n) is 8.50. The van der Waals surface area contributed by atoms with Gasteiger partial charge in [-0.05, 0) is 12.8 Å². The molecule has 5 heteroatoms. The number of halogens is 2. The Kier molecular flexibility index (Phi) is 3.90. The van der Waals surface area contributed by atoms with Crippen LogP contribution in [0.4, 0.5) is 8.63 Å². The lowest BCUT2D eigenvalue weighted by molar-refractivity contribution is -0.145. The molecule has 0 radical (unpaired) electrons. The van der Waals surface area contributed by atoms with Crippen LogP contribution in [0.1, 0.15) is 26.7 Å². The minimum atomic E-state index is -2.39. The van der Waals surface area contributed by atoms with Gasteiger partial charge in [0.2, 0.25) is 0 Å². The van der Waals surface area contributed by atoms with E-state index in [2.05, 4.69) is 0 Å². The highest BCUT2D eigenvalue weighted by Crippen LogP contribution is 2.57. The molecule has 0 aromatic rings. The Morgan fingerprint density at radius 3 is 2.50 bits per heavy atom. The van der Waals surface area contributed by atoms with Gasteiger partial charge in [0.25, 0.3) is 0 Å². The van der Waals surface area contributed by atoms with Crippen molar-refractivity contribution < 1.29 is 18.2 Å². The molecule has 0 N–H and O–H groups in total. The van der Waals surface area contributed by atoms with Crippen LogP contribution in [-0.2, 0) is 9.53 Å². The highest BCUT2D eigenvalue weighted by Gasteiger charge is 2.61. The fraction of sp³-hybridized carbons (Fsp3) is 0.889. The first-order chi connectivity index (χ1) is 6.63. The van der Waals surface area contributed by atoms with Crippen molar-refractivity contribution in [3.8, 4) is 0 Å². The second kappa shape index (κ2) is 4.76. The molecule has 0 bridgehead atoms. The number of hydrogen-bond donors (Lipinski definition) is 0. The van der Waals surface area contributed by atoms with Gasteiger partial charge >= 0.3 is 13.2 Å². The van der Waals surface area contributed by atoms with E-state index in [9.17, 15) is 13.4 Å². The Labute approximate surface area is 83.2 Å². The molecule has 3 atom stereocenters. The van der Waals surface area contributed by atoms with Crippen LogP contribution in [0, 0.1) is 11.8 Å². The van der Waals surface area contributed by atoms with Gasteiger partial charge in [0.1, 0.15) is 0 Å². The molecule has 0 aliphatic heterocycles. The summed E-state index contributed by atoms with van der Waals surface area (Å²) in [4.78, 5) is 11.2. The van der Waals surface area contributed by atoms with Gasteiger partial charge in [0.15, 0.2) is 0 Å². The quantitative estimate of drug-likeness (QED) is 0.507. The molecule has 0 amide bonds. The molecule has 0 aromatic carbocycles. The predicted molar refractivity (Wildman–Crippen MR) is 50.2 cm³/mol. The predicted octanol–water partition coefficient (Wildman–Crippen LogP) is 2.39. The average Bonchev–Trinajstić information content (AvgIpc) is 2.80. The number of hydrogen-bond acceptors (Lipinski definition) is 2. The Morgan fingerprint density at radius 2 is 2.07 bits per heavy atom. The highest BCUT2D eigenvalue weighted by molar-refractivity contribution is 6.47. The van der Waals surface area contributed by atoms with E-state index in [4.69, 9.17) is 4.74 Å². The lowest BCUT2D eigenvalue weighted by atomic mass is 9.86. The smallest absolute Gasteiger partial charge is 0.466 e. The van der Waals surface area contributed by atoms with Crippen LogP contribution in [0.2, 0.25) is 5.82 Å². The van der Waals surface area contributed by atoms with E-state index in [0.717, 1.165) is 6.42 Å². The van der Waals surface area contributed by atoms with E-state index in [1.165, 1.54) is 0 Å². The summed E-state index contributed by atoms with van der Waals surface area (Å²) < 4.78 is 29.6. The van der Waals surface area contributed by atoms with Gasteiger partial charge < -0.3 is 4.74 Å². The molecule has 1 saturated carbocycles. The third-order valence-corrected chi connectivity index (χ3v) is 2.70. The summed E-state index contributed by atoms with van der Waals surface area (Å²) in [6.45, 7) is 3.89. The molecular weight excluding hydrogens is 189 g/mol. The van der Waals surface area contributed by atoms with E-state index in [0.29, 0.717) is 6.42 Å². The molecule has 80 valence electrons. The summed E-state index contributed by atoms with van der Waals surface area (Å²) in [5.74, 6) is -1.90. The van der Waals surface area contributed by atoms with Gasteiger partial charge in [-0.3, -0.25) is 13.4 Å². The largest absolute Gasteiger partial charge is 0.542 e. The summed E-state index contributed by atoms with van der Waals surface area (Å²) in [5, 5.41) is 0. The third kappa shape index (κ3) is 2.25. The SMILES string of the molecule is CCCC1C(B(F)F)[C@@H]1C(=O)OCC. The Balaban J connectivity index is 2.48. The van der Waals surface area contributed by atoms with Crippen molar-refractivity contribution in [2.24, 2.45) is 11.8 Å². The summed E-state index contributed by atoms with van der Waals surface area (Å²) in [5.41, 5.74) is 0. The molecule has 1 aliphatic carbocycles. The third-order valence-electron chi connectivity index (χ3n) is 2.70. The van der Waals surface area contributed by atoms with E-state index < -0.39 is 25.0 Å². The van der Waals surface area contributed by atoms with E-state index in [1.807, 2.05) is 6.92 Å². The zero-order valence-corrected chi connectivity index (χ0v) is 8.50. The van der Waals surface area contributed by atoms with Crippen LogP contribution in [0.5, 0.6) is 0 Å². The van der Waals surface area contributed by atoms with Gasteiger partial charge in [-0.1, -0.05) is 19.8 Å². The molecule has 1 aliphatic rings. The number of ether oxygens (including phenoxy) is 1. The molecule has 0 heterocycles. The summed E-state index contributed by atoms with van der Waals surface area (Å²) >= 11 is 0. The van der Waals surface area contributed by atoms with E-state index in [1.54, 1.807) is 6.92 Å². The van der Waals surface area contributed by atoms with Gasteiger partial charge in [0, 0.05) is 5.82 Å². The zero-order chi connectivity index (χ0) is 10.7. The fourth-order valence-corrected chi connectivity index (χ4v) is 2.02. The minimum absolute atomic E-state index is 0.154. The molecule has 2 nitrogen and oxygen atoms in total. The summed E-state index contributed by atoms with van der Waals surface area (Å²) in [6, 6.07) is 0. The van der Waals surface area contributed by atoms with Crippen LogP contribution < -0.4 is 0 Å². The lowest BCUT2D eigenvalue weighted by Gasteiger charge is -1.99. The molecule has 0 aromatic heterocycles. The molecule has 2 unspecified atom stereocenters. The Morgan fingerprint density at radius 1 is 1.43 bits per heavy atom. The molecule has 14 heavy (non-hydrogen) atoms.